The molecular weight excluding hydrogens is 723 g/mol. The maximum absolute atomic E-state index is 4.59. The Hall–Kier alpha value is -7.74. The maximum Gasteiger partial charge on any atom is 0.0746 e. The zero-order chi connectivity index (χ0) is 40.0. The highest BCUT2D eigenvalue weighted by Crippen LogP contribution is 2.67. The van der Waals surface area contributed by atoms with E-state index in [1.54, 1.807) is 0 Å². The third-order valence-corrected chi connectivity index (χ3v) is 13.2. The highest BCUT2D eigenvalue weighted by Gasteiger charge is 2.54. The molecule has 12 rings (SSSR count). The van der Waals surface area contributed by atoms with Crippen LogP contribution < -0.4 is 4.90 Å². The SMILES string of the molecule is C=CC1=C(C=C)C2(c3ccccc3-c3cccc(N(c4ccccc4)c4ccc(-c5ccc(-c6ccccc6)cc5)cc4)c32)c2cc3c4c(cccc4c21)-c1ccccc1-3. The second kappa shape index (κ2) is 13.1. The minimum atomic E-state index is -0.658. The summed E-state index contributed by atoms with van der Waals surface area (Å²) in [5, 5.41) is 2.58. The normalized spacial score (nSPS) is 15.1. The van der Waals surface area contributed by atoms with Crippen LogP contribution in [0, 0.1) is 0 Å². The fraction of sp³-hybridized carbons (Fsp3) is 0.0169. The van der Waals surface area contributed by atoms with Gasteiger partial charge in [-0.3, -0.25) is 0 Å². The molecular formula is C59H39N. The summed E-state index contributed by atoms with van der Waals surface area (Å²) in [5.74, 6) is 0. The van der Waals surface area contributed by atoms with Crippen molar-refractivity contribution in [1.82, 2.24) is 0 Å². The quantitative estimate of drug-likeness (QED) is 0.156. The summed E-state index contributed by atoms with van der Waals surface area (Å²) in [6.45, 7) is 9.09. The Balaban J connectivity index is 1.11. The Labute approximate surface area is 351 Å². The molecule has 0 radical (unpaired) electrons. The van der Waals surface area contributed by atoms with E-state index in [0.29, 0.717) is 0 Å². The van der Waals surface area contributed by atoms with Gasteiger partial charge in [0.05, 0.1) is 11.1 Å². The lowest BCUT2D eigenvalue weighted by atomic mass is 9.68. The predicted molar refractivity (Wildman–Crippen MR) is 253 cm³/mol. The van der Waals surface area contributed by atoms with Crippen molar-refractivity contribution in [3.63, 3.8) is 0 Å². The van der Waals surface area contributed by atoms with E-state index in [4.69, 9.17) is 0 Å². The van der Waals surface area contributed by atoms with Gasteiger partial charge in [0.15, 0.2) is 0 Å². The topological polar surface area (TPSA) is 3.24 Å². The molecule has 0 N–H and O–H groups in total. The first-order valence-electron chi connectivity index (χ1n) is 20.7. The summed E-state index contributed by atoms with van der Waals surface area (Å²) in [7, 11) is 0. The van der Waals surface area contributed by atoms with Crippen LogP contribution >= 0.6 is 0 Å². The number of nitrogens with zero attached hydrogens (tertiary/aromatic N) is 1. The van der Waals surface area contributed by atoms with Gasteiger partial charge >= 0.3 is 0 Å². The summed E-state index contributed by atoms with van der Waals surface area (Å²) < 4.78 is 0. The Kier molecular flexibility index (Phi) is 7.52. The van der Waals surface area contributed by atoms with Crippen LogP contribution in [0.3, 0.4) is 0 Å². The third-order valence-electron chi connectivity index (χ3n) is 13.2. The van der Waals surface area contributed by atoms with Gasteiger partial charge in [0, 0.05) is 16.9 Å². The first-order valence-corrected chi connectivity index (χ1v) is 20.7. The summed E-state index contributed by atoms with van der Waals surface area (Å²) in [6.07, 6.45) is 4.18. The summed E-state index contributed by atoms with van der Waals surface area (Å²) in [5.41, 5.74) is 22.5. The van der Waals surface area contributed by atoms with Crippen molar-refractivity contribution in [2.24, 2.45) is 0 Å². The Morgan fingerprint density at radius 3 is 1.62 bits per heavy atom. The van der Waals surface area contributed by atoms with Gasteiger partial charge in [-0.1, -0.05) is 189 Å². The van der Waals surface area contributed by atoms with Crippen LogP contribution in [0.15, 0.2) is 231 Å². The van der Waals surface area contributed by atoms with E-state index in [-0.39, 0.29) is 0 Å². The van der Waals surface area contributed by atoms with Crippen LogP contribution in [0.1, 0.15) is 22.3 Å². The number of benzene rings is 9. The van der Waals surface area contributed by atoms with Crippen molar-refractivity contribution in [3.05, 3.63) is 253 Å². The van der Waals surface area contributed by atoms with Crippen molar-refractivity contribution in [2.75, 3.05) is 4.90 Å². The Bertz CT molecular complexity index is 3260. The molecule has 0 bridgehead atoms. The van der Waals surface area contributed by atoms with Crippen molar-refractivity contribution >= 4 is 33.4 Å². The average molecular weight is 762 g/mol. The molecule has 3 aliphatic carbocycles. The third kappa shape index (κ3) is 4.63. The molecule has 280 valence electrons. The van der Waals surface area contributed by atoms with Crippen LogP contribution in [0.2, 0.25) is 0 Å². The minimum absolute atomic E-state index is 0.658. The number of rotatable bonds is 7. The maximum atomic E-state index is 4.59. The molecule has 1 unspecified atom stereocenters. The second-order valence-electron chi connectivity index (χ2n) is 16.0. The monoisotopic (exact) mass is 761 g/mol. The highest BCUT2D eigenvalue weighted by atomic mass is 15.1. The van der Waals surface area contributed by atoms with Gasteiger partial charge < -0.3 is 4.90 Å². The fourth-order valence-electron chi connectivity index (χ4n) is 10.8. The van der Waals surface area contributed by atoms with Gasteiger partial charge in [0.2, 0.25) is 0 Å². The van der Waals surface area contributed by atoms with Crippen LogP contribution in [-0.4, -0.2) is 0 Å². The molecule has 1 heteroatoms. The van der Waals surface area contributed by atoms with E-state index in [9.17, 15) is 0 Å². The van der Waals surface area contributed by atoms with E-state index < -0.39 is 5.41 Å². The van der Waals surface area contributed by atoms with E-state index in [1.807, 2.05) is 0 Å². The Morgan fingerprint density at radius 2 is 0.933 bits per heavy atom. The number of allylic oxidation sites excluding steroid dienone is 4. The molecule has 1 nitrogen and oxygen atoms in total. The van der Waals surface area contributed by atoms with Gasteiger partial charge in [-0.15, -0.1) is 0 Å². The van der Waals surface area contributed by atoms with Gasteiger partial charge in [-0.2, -0.15) is 0 Å². The summed E-state index contributed by atoms with van der Waals surface area (Å²) >= 11 is 0. The number of anilines is 3. The molecule has 60 heavy (non-hydrogen) atoms. The molecule has 0 amide bonds. The van der Waals surface area contributed by atoms with Crippen molar-refractivity contribution in [2.45, 2.75) is 5.41 Å². The standard InChI is InChI=1S/C59H39N/c1-3-44-52(4-2)59(54-37-51-46-22-12-11-21-45(46)48-24-15-26-50(56(48)51)57(44)54)53-27-14-13-23-47(53)49-25-16-28-55(58(49)59)60(42-19-9-6-10-20-42)43-35-33-41(34-36-43)40-31-29-39(30-32-40)38-17-7-5-8-18-38/h3-37H,1-2H2. The summed E-state index contributed by atoms with van der Waals surface area (Å²) in [4.78, 5) is 2.45. The molecule has 0 heterocycles. The first-order chi connectivity index (χ1) is 29.7. The molecule has 1 spiro atoms. The van der Waals surface area contributed by atoms with E-state index in [0.717, 1.165) is 22.6 Å². The fourth-order valence-corrected chi connectivity index (χ4v) is 10.8. The lowest BCUT2D eigenvalue weighted by Crippen LogP contribution is -2.29. The molecule has 0 saturated heterocycles. The smallest absolute Gasteiger partial charge is 0.0746 e. The van der Waals surface area contributed by atoms with Crippen molar-refractivity contribution in [3.8, 4) is 55.6 Å². The van der Waals surface area contributed by atoms with Crippen LogP contribution in [-0.2, 0) is 5.41 Å². The van der Waals surface area contributed by atoms with Crippen LogP contribution in [0.4, 0.5) is 17.1 Å². The van der Waals surface area contributed by atoms with Crippen molar-refractivity contribution in [1.29, 1.82) is 0 Å². The van der Waals surface area contributed by atoms with Crippen molar-refractivity contribution < 1.29 is 0 Å². The zero-order valence-corrected chi connectivity index (χ0v) is 33.1. The predicted octanol–water partition coefficient (Wildman–Crippen LogP) is 15.7. The molecule has 0 saturated carbocycles. The minimum Gasteiger partial charge on any atom is -0.310 e. The largest absolute Gasteiger partial charge is 0.310 e. The number of hydrogen-bond acceptors (Lipinski definition) is 1. The molecule has 0 fully saturated rings. The lowest BCUT2D eigenvalue weighted by Gasteiger charge is -2.36. The second-order valence-corrected chi connectivity index (χ2v) is 16.0. The number of para-hydroxylation sites is 1. The number of fused-ring (bicyclic) bond motifs is 11. The van der Waals surface area contributed by atoms with E-state index in [1.165, 1.54) is 94.2 Å². The molecule has 9 aromatic rings. The average Bonchev–Trinajstić information content (AvgIpc) is 3.92. The molecule has 0 aromatic heterocycles. The summed E-state index contributed by atoms with van der Waals surface area (Å²) in [6, 6.07) is 73.4. The zero-order valence-electron chi connectivity index (χ0n) is 33.1. The van der Waals surface area contributed by atoms with Crippen LogP contribution in [0.25, 0.3) is 72.0 Å². The van der Waals surface area contributed by atoms with Crippen LogP contribution in [0.5, 0.6) is 0 Å². The van der Waals surface area contributed by atoms with Gasteiger partial charge in [0.1, 0.15) is 0 Å². The molecule has 1 atom stereocenters. The highest BCUT2D eigenvalue weighted by molar-refractivity contribution is 6.20. The number of hydrogen-bond donors (Lipinski definition) is 0. The van der Waals surface area contributed by atoms with Gasteiger partial charge in [0.25, 0.3) is 0 Å². The van der Waals surface area contributed by atoms with Gasteiger partial charge in [-0.25, -0.2) is 0 Å². The van der Waals surface area contributed by atoms with E-state index in [2.05, 4.69) is 230 Å². The molecule has 0 aliphatic heterocycles. The molecule has 3 aliphatic rings. The first kappa shape index (κ1) is 34.3. The lowest BCUT2D eigenvalue weighted by molar-refractivity contribution is 0.787. The molecule has 9 aromatic carbocycles. The van der Waals surface area contributed by atoms with Gasteiger partial charge in [-0.05, 0) is 131 Å². The Morgan fingerprint density at radius 1 is 0.400 bits per heavy atom. The van der Waals surface area contributed by atoms with E-state index >= 15 is 0 Å².